The minimum atomic E-state index is -0.531. The van der Waals surface area contributed by atoms with Crippen LogP contribution in [0.25, 0.3) is 0 Å². The smallest absolute Gasteiger partial charge is 0.179 e. The lowest BCUT2D eigenvalue weighted by Crippen LogP contribution is -2.01. The maximum atomic E-state index is 13.0. The summed E-state index contributed by atoms with van der Waals surface area (Å²) in [7, 11) is 1.34. The minimum Gasteiger partial charge on any atom is -0.492 e. The highest BCUT2D eigenvalue weighted by molar-refractivity contribution is 9.10. The first-order valence-electron chi connectivity index (χ1n) is 3.15. The van der Waals surface area contributed by atoms with Gasteiger partial charge in [-0.3, -0.25) is 0 Å². The maximum absolute atomic E-state index is 13.0. The van der Waals surface area contributed by atoms with Crippen LogP contribution in [-0.2, 0) is 0 Å². The van der Waals surface area contributed by atoms with Crippen molar-refractivity contribution in [1.82, 2.24) is 0 Å². The van der Waals surface area contributed by atoms with Crippen LogP contribution in [0, 0.1) is 5.82 Å². The second-order valence-electron chi connectivity index (χ2n) is 2.20. The molecule has 1 rings (SSSR count). The zero-order valence-corrected chi connectivity index (χ0v) is 7.98. The number of nitrogens with two attached hydrogens (primary N) is 2. The van der Waals surface area contributed by atoms with Crippen LogP contribution in [0.4, 0.5) is 15.8 Å². The summed E-state index contributed by atoms with van der Waals surface area (Å²) < 4.78 is 18.1. The number of ether oxygens (including phenoxy) is 1. The SMILES string of the molecule is COc1c(F)cc(Br)c(N)c1N. The van der Waals surface area contributed by atoms with E-state index in [1.54, 1.807) is 0 Å². The van der Waals surface area contributed by atoms with Gasteiger partial charge < -0.3 is 16.2 Å². The molecule has 0 aliphatic carbocycles. The molecule has 0 aliphatic rings. The fourth-order valence-corrected chi connectivity index (χ4v) is 1.26. The highest BCUT2D eigenvalue weighted by Gasteiger charge is 2.12. The van der Waals surface area contributed by atoms with Crippen molar-refractivity contribution in [2.75, 3.05) is 18.6 Å². The van der Waals surface area contributed by atoms with Gasteiger partial charge >= 0.3 is 0 Å². The van der Waals surface area contributed by atoms with Gasteiger partial charge in [-0.05, 0) is 22.0 Å². The number of benzene rings is 1. The molecule has 0 aromatic heterocycles. The van der Waals surface area contributed by atoms with Gasteiger partial charge in [0.2, 0.25) is 0 Å². The van der Waals surface area contributed by atoms with E-state index in [9.17, 15) is 4.39 Å². The van der Waals surface area contributed by atoms with Crippen molar-refractivity contribution in [2.24, 2.45) is 0 Å². The molecule has 3 nitrogen and oxygen atoms in total. The van der Waals surface area contributed by atoms with Crippen LogP contribution < -0.4 is 16.2 Å². The third-order valence-corrected chi connectivity index (χ3v) is 2.12. The molecule has 0 radical (unpaired) electrons. The third kappa shape index (κ3) is 1.32. The molecule has 0 amide bonds. The zero-order chi connectivity index (χ0) is 9.30. The van der Waals surface area contributed by atoms with Crippen molar-refractivity contribution >= 4 is 27.3 Å². The number of methoxy groups -OCH3 is 1. The van der Waals surface area contributed by atoms with Gasteiger partial charge in [-0.25, -0.2) is 4.39 Å². The van der Waals surface area contributed by atoms with E-state index in [1.807, 2.05) is 0 Å². The van der Waals surface area contributed by atoms with E-state index in [0.29, 0.717) is 4.47 Å². The van der Waals surface area contributed by atoms with Gasteiger partial charge in [-0.1, -0.05) is 0 Å². The summed E-state index contributed by atoms with van der Waals surface area (Å²) >= 11 is 3.06. The summed E-state index contributed by atoms with van der Waals surface area (Å²) in [4.78, 5) is 0. The van der Waals surface area contributed by atoms with Crippen LogP contribution in [0.5, 0.6) is 5.75 Å². The van der Waals surface area contributed by atoms with Crippen LogP contribution in [0.3, 0.4) is 0 Å². The fraction of sp³-hybridized carbons (Fsp3) is 0.143. The average Bonchev–Trinajstić information content (AvgIpc) is 2.01. The molecular formula is C7H8BrFN2O. The van der Waals surface area contributed by atoms with E-state index in [0.717, 1.165) is 0 Å². The van der Waals surface area contributed by atoms with Crippen molar-refractivity contribution in [3.05, 3.63) is 16.4 Å². The Labute approximate surface area is 77.6 Å². The molecule has 1 aromatic rings. The van der Waals surface area contributed by atoms with Crippen molar-refractivity contribution in [3.8, 4) is 5.75 Å². The molecule has 0 aliphatic heterocycles. The van der Waals surface area contributed by atoms with Crippen molar-refractivity contribution in [1.29, 1.82) is 0 Å². The van der Waals surface area contributed by atoms with Gasteiger partial charge in [0.25, 0.3) is 0 Å². The third-order valence-electron chi connectivity index (χ3n) is 1.47. The summed E-state index contributed by atoms with van der Waals surface area (Å²) in [5.41, 5.74) is 11.4. The topological polar surface area (TPSA) is 61.3 Å². The second-order valence-corrected chi connectivity index (χ2v) is 3.06. The molecule has 0 saturated carbocycles. The molecule has 0 bridgehead atoms. The fourth-order valence-electron chi connectivity index (χ4n) is 0.842. The first kappa shape index (κ1) is 9.12. The maximum Gasteiger partial charge on any atom is 0.179 e. The lowest BCUT2D eigenvalue weighted by atomic mass is 10.2. The molecule has 12 heavy (non-hydrogen) atoms. The van der Waals surface area contributed by atoms with E-state index >= 15 is 0 Å². The number of halogens is 2. The average molecular weight is 235 g/mol. The Morgan fingerprint density at radius 3 is 2.50 bits per heavy atom. The summed E-state index contributed by atoms with van der Waals surface area (Å²) in [6, 6.07) is 1.21. The molecule has 5 heteroatoms. The predicted molar refractivity (Wildman–Crippen MR) is 49.5 cm³/mol. The standard InChI is InChI=1S/C7H8BrFN2O/c1-12-7-4(9)2-3(8)5(10)6(7)11/h2H,10-11H2,1H3. The van der Waals surface area contributed by atoms with Crippen LogP contribution in [0.2, 0.25) is 0 Å². The molecule has 0 heterocycles. The summed E-state index contributed by atoms with van der Waals surface area (Å²) in [5, 5.41) is 0. The number of rotatable bonds is 1. The van der Waals surface area contributed by atoms with Gasteiger partial charge in [0, 0.05) is 4.47 Å². The molecule has 0 atom stereocenters. The Kier molecular flexibility index (Phi) is 2.42. The van der Waals surface area contributed by atoms with Gasteiger partial charge in [-0.15, -0.1) is 0 Å². The Hall–Kier alpha value is -0.970. The lowest BCUT2D eigenvalue weighted by molar-refractivity contribution is 0.389. The molecule has 0 unspecified atom stereocenters. The number of anilines is 2. The van der Waals surface area contributed by atoms with E-state index in [-0.39, 0.29) is 17.1 Å². The van der Waals surface area contributed by atoms with E-state index in [4.69, 9.17) is 16.2 Å². The summed E-state index contributed by atoms with van der Waals surface area (Å²) in [5.74, 6) is -0.549. The molecule has 0 saturated heterocycles. The van der Waals surface area contributed by atoms with Crippen LogP contribution in [-0.4, -0.2) is 7.11 Å². The number of nitrogen functional groups attached to an aromatic ring is 2. The van der Waals surface area contributed by atoms with Crippen LogP contribution >= 0.6 is 15.9 Å². The molecule has 1 aromatic carbocycles. The van der Waals surface area contributed by atoms with Crippen molar-refractivity contribution < 1.29 is 9.13 Å². The van der Waals surface area contributed by atoms with Gasteiger partial charge in [0.1, 0.15) is 5.69 Å². The minimum absolute atomic E-state index is 0.0179. The Balaban J connectivity index is 3.40. The normalized spacial score (nSPS) is 9.92. The van der Waals surface area contributed by atoms with E-state index < -0.39 is 5.82 Å². The van der Waals surface area contributed by atoms with Crippen LogP contribution in [0.1, 0.15) is 0 Å². The quantitative estimate of drug-likeness (QED) is 0.729. The second kappa shape index (κ2) is 3.18. The first-order valence-corrected chi connectivity index (χ1v) is 3.94. The molecule has 4 N–H and O–H groups in total. The Morgan fingerprint density at radius 1 is 1.42 bits per heavy atom. The van der Waals surface area contributed by atoms with Crippen LogP contribution in [0.15, 0.2) is 10.5 Å². The Bertz CT molecular complexity index is 317. The van der Waals surface area contributed by atoms with E-state index in [1.165, 1.54) is 13.2 Å². The highest BCUT2D eigenvalue weighted by atomic mass is 79.9. The van der Waals surface area contributed by atoms with Gasteiger partial charge in [0.05, 0.1) is 12.8 Å². The summed E-state index contributed by atoms with van der Waals surface area (Å²) in [6.07, 6.45) is 0. The molecule has 66 valence electrons. The Morgan fingerprint density at radius 2 is 2.00 bits per heavy atom. The van der Waals surface area contributed by atoms with Crippen molar-refractivity contribution in [3.63, 3.8) is 0 Å². The van der Waals surface area contributed by atoms with E-state index in [2.05, 4.69) is 15.9 Å². The largest absolute Gasteiger partial charge is 0.492 e. The molecular weight excluding hydrogens is 227 g/mol. The molecule has 0 fully saturated rings. The highest BCUT2D eigenvalue weighted by Crippen LogP contribution is 2.35. The van der Waals surface area contributed by atoms with Gasteiger partial charge in [0.15, 0.2) is 11.6 Å². The monoisotopic (exact) mass is 234 g/mol. The number of hydrogen-bond donors (Lipinski definition) is 2. The number of hydrogen-bond acceptors (Lipinski definition) is 3. The molecule has 0 spiro atoms. The zero-order valence-electron chi connectivity index (χ0n) is 6.40. The first-order chi connectivity index (χ1) is 5.57. The summed E-state index contributed by atoms with van der Waals surface area (Å²) in [6.45, 7) is 0. The lowest BCUT2D eigenvalue weighted by Gasteiger charge is -2.09. The predicted octanol–water partition coefficient (Wildman–Crippen LogP) is 1.76. The van der Waals surface area contributed by atoms with Crippen molar-refractivity contribution in [2.45, 2.75) is 0 Å². The van der Waals surface area contributed by atoms with Gasteiger partial charge in [-0.2, -0.15) is 0 Å².